The first-order valence-electron chi connectivity index (χ1n) is 6.10. The van der Waals surface area contributed by atoms with Crippen LogP contribution in [-0.2, 0) is 9.59 Å². The first-order chi connectivity index (χ1) is 7.61. The lowest BCUT2D eigenvalue weighted by atomic mass is 9.96. The molecule has 0 aromatic heterocycles. The van der Waals surface area contributed by atoms with E-state index in [-0.39, 0.29) is 5.91 Å². The molecule has 0 bridgehead atoms. The third-order valence-electron chi connectivity index (χ3n) is 3.14. The molecule has 0 spiro atoms. The Bertz CT molecular complexity index is 245. The van der Waals surface area contributed by atoms with Gasteiger partial charge in [0.1, 0.15) is 5.78 Å². The standard InChI is InChI=1S/C12H22N2O2/c1-3-12(16)9-14-6-4-11(5-7-14)8-13-10(2)15/h11H,3-9H2,1-2H3,(H,13,15). The van der Waals surface area contributed by atoms with Crippen molar-refractivity contribution in [2.24, 2.45) is 5.92 Å². The lowest BCUT2D eigenvalue weighted by Crippen LogP contribution is -2.40. The van der Waals surface area contributed by atoms with E-state index >= 15 is 0 Å². The summed E-state index contributed by atoms with van der Waals surface area (Å²) in [5, 5.41) is 2.86. The monoisotopic (exact) mass is 226 g/mol. The van der Waals surface area contributed by atoms with Crippen LogP contribution in [-0.4, -0.2) is 42.8 Å². The molecule has 0 saturated carbocycles. The van der Waals surface area contributed by atoms with E-state index in [1.165, 1.54) is 0 Å². The molecule has 0 radical (unpaired) electrons. The second-order valence-corrected chi connectivity index (χ2v) is 4.55. The third kappa shape index (κ3) is 4.75. The minimum atomic E-state index is 0.0450. The number of amides is 1. The summed E-state index contributed by atoms with van der Waals surface area (Å²) < 4.78 is 0. The molecule has 92 valence electrons. The summed E-state index contributed by atoms with van der Waals surface area (Å²) in [6.07, 6.45) is 2.79. The van der Waals surface area contributed by atoms with E-state index in [1.807, 2.05) is 6.92 Å². The molecule has 0 atom stereocenters. The average Bonchev–Trinajstić information content (AvgIpc) is 2.28. The topological polar surface area (TPSA) is 49.4 Å². The molecule has 0 aromatic carbocycles. The van der Waals surface area contributed by atoms with Gasteiger partial charge in [0.15, 0.2) is 0 Å². The molecule has 1 aliphatic rings. The number of Topliss-reactive ketones (excluding diaryl/α,β-unsaturated/α-hetero) is 1. The minimum absolute atomic E-state index is 0.0450. The van der Waals surface area contributed by atoms with Crippen molar-refractivity contribution in [1.82, 2.24) is 10.2 Å². The van der Waals surface area contributed by atoms with Crippen LogP contribution in [0.5, 0.6) is 0 Å². The quantitative estimate of drug-likeness (QED) is 0.755. The van der Waals surface area contributed by atoms with Gasteiger partial charge in [-0.15, -0.1) is 0 Å². The molecule has 4 heteroatoms. The largest absolute Gasteiger partial charge is 0.356 e. The van der Waals surface area contributed by atoms with Crippen molar-refractivity contribution in [3.63, 3.8) is 0 Å². The van der Waals surface area contributed by atoms with E-state index in [4.69, 9.17) is 0 Å². The number of nitrogens with zero attached hydrogens (tertiary/aromatic N) is 1. The maximum Gasteiger partial charge on any atom is 0.216 e. The van der Waals surface area contributed by atoms with Crippen molar-refractivity contribution in [2.75, 3.05) is 26.2 Å². The van der Waals surface area contributed by atoms with Crippen LogP contribution in [0.25, 0.3) is 0 Å². The van der Waals surface area contributed by atoms with Gasteiger partial charge < -0.3 is 5.32 Å². The van der Waals surface area contributed by atoms with E-state index < -0.39 is 0 Å². The SMILES string of the molecule is CCC(=O)CN1CCC(CNC(C)=O)CC1. The molecule has 0 aromatic rings. The fourth-order valence-corrected chi connectivity index (χ4v) is 2.00. The van der Waals surface area contributed by atoms with Gasteiger partial charge in [-0.25, -0.2) is 0 Å². The molecule has 1 aliphatic heterocycles. The van der Waals surface area contributed by atoms with Gasteiger partial charge in [0, 0.05) is 19.9 Å². The highest BCUT2D eigenvalue weighted by molar-refractivity contribution is 5.80. The van der Waals surface area contributed by atoms with Gasteiger partial charge in [-0.1, -0.05) is 6.92 Å². The second-order valence-electron chi connectivity index (χ2n) is 4.55. The van der Waals surface area contributed by atoms with Gasteiger partial charge in [-0.05, 0) is 31.8 Å². The van der Waals surface area contributed by atoms with E-state index in [9.17, 15) is 9.59 Å². The van der Waals surface area contributed by atoms with Gasteiger partial charge in [0.05, 0.1) is 6.54 Å². The molecule has 0 aliphatic carbocycles. The maximum atomic E-state index is 11.3. The third-order valence-corrected chi connectivity index (χ3v) is 3.14. The predicted molar refractivity (Wildman–Crippen MR) is 63.1 cm³/mol. The van der Waals surface area contributed by atoms with E-state index in [0.29, 0.717) is 24.7 Å². The number of likely N-dealkylation sites (tertiary alicyclic amines) is 1. The Kier molecular flexibility index (Phi) is 5.46. The highest BCUT2D eigenvalue weighted by Crippen LogP contribution is 2.16. The summed E-state index contributed by atoms with van der Waals surface area (Å²) in [4.78, 5) is 24.3. The van der Waals surface area contributed by atoms with Crippen molar-refractivity contribution < 1.29 is 9.59 Å². The van der Waals surface area contributed by atoms with Crippen LogP contribution in [0.15, 0.2) is 0 Å². The summed E-state index contributed by atoms with van der Waals surface area (Å²) in [6, 6.07) is 0. The molecule has 1 fully saturated rings. The average molecular weight is 226 g/mol. The first kappa shape index (κ1) is 13.2. The number of rotatable bonds is 5. The molecule has 1 saturated heterocycles. The Balaban J connectivity index is 2.18. The van der Waals surface area contributed by atoms with Crippen LogP contribution in [0.3, 0.4) is 0 Å². The first-order valence-corrected chi connectivity index (χ1v) is 6.10. The van der Waals surface area contributed by atoms with Gasteiger partial charge in [-0.3, -0.25) is 14.5 Å². The predicted octanol–water partition coefficient (Wildman–Crippen LogP) is 0.814. The van der Waals surface area contributed by atoms with E-state index in [2.05, 4.69) is 10.2 Å². The summed E-state index contributed by atoms with van der Waals surface area (Å²) in [7, 11) is 0. The summed E-state index contributed by atoms with van der Waals surface area (Å²) in [6.45, 7) is 6.81. The molecular weight excluding hydrogens is 204 g/mol. The zero-order valence-electron chi connectivity index (χ0n) is 10.3. The van der Waals surface area contributed by atoms with Crippen LogP contribution in [0.2, 0.25) is 0 Å². The van der Waals surface area contributed by atoms with Crippen LogP contribution < -0.4 is 5.32 Å². The highest BCUT2D eigenvalue weighted by Gasteiger charge is 2.20. The van der Waals surface area contributed by atoms with Crippen molar-refractivity contribution in [3.05, 3.63) is 0 Å². The van der Waals surface area contributed by atoms with Crippen molar-refractivity contribution in [3.8, 4) is 0 Å². The number of carbonyl (C=O) groups is 2. The van der Waals surface area contributed by atoms with Gasteiger partial charge in [0.25, 0.3) is 0 Å². The normalized spacial score (nSPS) is 18.4. The van der Waals surface area contributed by atoms with Crippen LogP contribution in [0.4, 0.5) is 0 Å². The summed E-state index contributed by atoms with van der Waals surface area (Å²) >= 11 is 0. The summed E-state index contributed by atoms with van der Waals surface area (Å²) in [5.41, 5.74) is 0. The number of hydrogen-bond donors (Lipinski definition) is 1. The molecule has 1 amide bonds. The highest BCUT2D eigenvalue weighted by atomic mass is 16.1. The Labute approximate surface area is 97.4 Å². The zero-order valence-corrected chi connectivity index (χ0v) is 10.3. The lowest BCUT2D eigenvalue weighted by Gasteiger charge is -2.31. The Hall–Kier alpha value is -0.900. The van der Waals surface area contributed by atoms with E-state index in [0.717, 1.165) is 32.5 Å². The molecule has 1 N–H and O–H groups in total. The number of nitrogens with one attached hydrogen (secondary N) is 1. The van der Waals surface area contributed by atoms with Crippen LogP contribution in [0.1, 0.15) is 33.1 Å². The Morgan fingerprint density at radius 1 is 1.31 bits per heavy atom. The minimum Gasteiger partial charge on any atom is -0.356 e. The molecule has 0 unspecified atom stereocenters. The van der Waals surface area contributed by atoms with Crippen LogP contribution >= 0.6 is 0 Å². The Morgan fingerprint density at radius 2 is 1.94 bits per heavy atom. The van der Waals surface area contributed by atoms with Gasteiger partial charge in [0.2, 0.25) is 5.91 Å². The van der Waals surface area contributed by atoms with Gasteiger partial charge in [-0.2, -0.15) is 0 Å². The number of hydrogen-bond acceptors (Lipinski definition) is 3. The molecular formula is C12H22N2O2. The molecule has 1 heterocycles. The fraction of sp³-hybridized carbons (Fsp3) is 0.833. The smallest absolute Gasteiger partial charge is 0.216 e. The van der Waals surface area contributed by atoms with Gasteiger partial charge >= 0.3 is 0 Å². The van der Waals surface area contributed by atoms with Crippen LogP contribution in [0, 0.1) is 5.92 Å². The maximum absolute atomic E-state index is 11.3. The Morgan fingerprint density at radius 3 is 2.44 bits per heavy atom. The fourth-order valence-electron chi connectivity index (χ4n) is 2.00. The van der Waals surface area contributed by atoms with E-state index in [1.54, 1.807) is 6.92 Å². The van der Waals surface area contributed by atoms with Crippen molar-refractivity contribution in [1.29, 1.82) is 0 Å². The summed E-state index contributed by atoms with van der Waals surface area (Å²) in [5.74, 6) is 0.945. The van der Waals surface area contributed by atoms with Crippen molar-refractivity contribution in [2.45, 2.75) is 33.1 Å². The molecule has 16 heavy (non-hydrogen) atoms. The number of carbonyl (C=O) groups excluding carboxylic acids is 2. The molecule has 1 rings (SSSR count). The lowest BCUT2D eigenvalue weighted by molar-refractivity contribution is -0.120. The number of ketones is 1. The number of piperidine rings is 1. The molecule has 4 nitrogen and oxygen atoms in total. The second kappa shape index (κ2) is 6.63. The van der Waals surface area contributed by atoms with Crippen molar-refractivity contribution >= 4 is 11.7 Å². The zero-order chi connectivity index (χ0) is 12.0.